The monoisotopic (exact) mass is 376 g/mol. The van der Waals surface area contributed by atoms with Gasteiger partial charge in [0.15, 0.2) is 0 Å². The molecule has 0 spiro atoms. The molecule has 0 bridgehead atoms. The van der Waals surface area contributed by atoms with Crippen molar-refractivity contribution in [2.45, 2.75) is 50.0 Å². The van der Waals surface area contributed by atoms with Gasteiger partial charge in [-0.1, -0.05) is 37.1 Å². The quantitative estimate of drug-likeness (QED) is 0.587. The van der Waals surface area contributed by atoms with E-state index in [1.807, 2.05) is 12.1 Å². The maximum Gasteiger partial charge on any atom is 0.303 e. The summed E-state index contributed by atoms with van der Waals surface area (Å²) in [6.45, 7) is 0.145. The number of carbonyl (C=O) groups is 1. The van der Waals surface area contributed by atoms with Crippen LogP contribution in [0.3, 0.4) is 0 Å². The fourth-order valence-electron chi connectivity index (χ4n) is 2.65. The van der Waals surface area contributed by atoms with Gasteiger partial charge in [0, 0.05) is 12.6 Å². The molecule has 0 radical (unpaired) electrons. The van der Waals surface area contributed by atoms with E-state index in [9.17, 15) is 13.2 Å². The van der Waals surface area contributed by atoms with E-state index in [0.29, 0.717) is 6.42 Å². The molecular formula is C19H24N2O4S. The Morgan fingerprint density at radius 3 is 2.46 bits per heavy atom. The molecule has 7 heteroatoms. The van der Waals surface area contributed by atoms with Gasteiger partial charge >= 0.3 is 5.97 Å². The summed E-state index contributed by atoms with van der Waals surface area (Å²) in [4.78, 5) is 15.0. The molecular weight excluding hydrogens is 352 g/mol. The minimum atomic E-state index is -3.56. The third kappa shape index (κ3) is 6.57. The smallest absolute Gasteiger partial charge is 0.303 e. The third-order valence-corrected chi connectivity index (χ3v) is 5.47. The molecule has 26 heavy (non-hydrogen) atoms. The maximum absolute atomic E-state index is 12.3. The van der Waals surface area contributed by atoms with Crippen molar-refractivity contribution in [3.8, 4) is 0 Å². The van der Waals surface area contributed by atoms with Crippen molar-refractivity contribution >= 4 is 16.0 Å². The summed E-state index contributed by atoms with van der Waals surface area (Å²) in [7, 11) is -3.56. The topological polar surface area (TPSA) is 96.4 Å². The number of nitrogens with zero attached hydrogens (tertiary/aromatic N) is 1. The first-order chi connectivity index (χ1) is 12.5. The highest BCUT2D eigenvalue weighted by Gasteiger charge is 2.14. The number of aliphatic carboxylic acids is 1. The minimum absolute atomic E-state index is 0.145. The lowest BCUT2D eigenvalue weighted by Gasteiger charge is -2.10. The summed E-state index contributed by atoms with van der Waals surface area (Å²) in [5, 5.41) is 8.63. The van der Waals surface area contributed by atoms with E-state index in [-0.39, 0.29) is 17.9 Å². The van der Waals surface area contributed by atoms with Gasteiger partial charge in [-0.25, -0.2) is 13.1 Å². The summed E-state index contributed by atoms with van der Waals surface area (Å²) < 4.78 is 27.2. The molecule has 140 valence electrons. The molecule has 0 aliphatic rings. The average Bonchev–Trinajstić information content (AvgIpc) is 2.64. The summed E-state index contributed by atoms with van der Waals surface area (Å²) in [6, 6.07) is 12.0. The molecule has 6 nitrogen and oxygen atoms in total. The van der Waals surface area contributed by atoms with Crippen LogP contribution < -0.4 is 4.72 Å². The second kappa shape index (κ2) is 10.0. The van der Waals surface area contributed by atoms with Crippen LogP contribution >= 0.6 is 0 Å². The Morgan fingerprint density at radius 2 is 1.73 bits per heavy atom. The van der Waals surface area contributed by atoms with E-state index in [1.165, 1.54) is 0 Å². The van der Waals surface area contributed by atoms with Gasteiger partial charge in [0.2, 0.25) is 10.0 Å². The van der Waals surface area contributed by atoms with Gasteiger partial charge in [0.1, 0.15) is 0 Å². The predicted molar refractivity (Wildman–Crippen MR) is 99.1 cm³/mol. The van der Waals surface area contributed by atoms with Crippen LogP contribution in [0.25, 0.3) is 0 Å². The minimum Gasteiger partial charge on any atom is -0.481 e. The molecule has 1 aromatic carbocycles. The number of rotatable bonds is 11. The first-order valence-corrected chi connectivity index (χ1v) is 10.2. The van der Waals surface area contributed by atoms with E-state index in [1.54, 1.807) is 36.5 Å². The van der Waals surface area contributed by atoms with Gasteiger partial charge in [0.05, 0.1) is 17.1 Å². The highest BCUT2D eigenvalue weighted by molar-refractivity contribution is 7.89. The Bertz CT molecular complexity index is 807. The zero-order chi connectivity index (χ0) is 18.8. The molecule has 0 fully saturated rings. The maximum atomic E-state index is 12.3. The Labute approximate surface area is 154 Å². The van der Waals surface area contributed by atoms with Gasteiger partial charge in [-0.2, -0.15) is 0 Å². The molecule has 0 unspecified atom stereocenters. The summed E-state index contributed by atoms with van der Waals surface area (Å²) in [6.07, 6.45) is 6.08. The zero-order valence-electron chi connectivity index (χ0n) is 14.6. The van der Waals surface area contributed by atoms with Crippen molar-refractivity contribution in [1.82, 2.24) is 9.71 Å². The molecule has 0 amide bonds. The van der Waals surface area contributed by atoms with Gasteiger partial charge in [0.25, 0.3) is 0 Å². The summed E-state index contributed by atoms with van der Waals surface area (Å²) >= 11 is 0. The fraction of sp³-hybridized carbons (Fsp3) is 0.368. The number of sulfonamides is 1. The number of unbranched alkanes of at least 4 members (excludes halogenated alkanes) is 3. The largest absolute Gasteiger partial charge is 0.481 e. The molecule has 2 rings (SSSR count). The number of benzene rings is 1. The normalized spacial score (nSPS) is 11.4. The molecule has 2 N–H and O–H groups in total. The van der Waals surface area contributed by atoms with Crippen LogP contribution in [0.2, 0.25) is 0 Å². The highest BCUT2D eigenvalue weighted by Crippen LogP contribution is 2.14. The number of pyridine rings is 1. The van der Waals surface area contributed by atoms with Gasteiger partial charge in [-0.3, -0.25) is 9.78 Å². The Balaban J connectivity index is 1.87. The zero-order valence-corrected chi connectivity index (χ0v) is 15.4. The lowest BCUT2D eigenvalue weighted by molar-refractivity contribution is -0.137. The van der Waals surface area contributed by atoms with E-state index in [0.717, 1.165) is 36.9 Å². The van der Waals surface area contributed by atoms with Gasteiger partial charge in [-0.15, -0.1) is 0 Å². The van der Waals surface area contributed by atoms with Crippen LogP contribution in [0, 0.1) is 0 Å². The lowest BCUT2D eigenvalue weighted by Crippen LogP contribution is -2.24. The van der Waals surface area contributed by atoms with Crippen LogP contribution in [0.15, 0.2) is 53.6 Å². The predicted octanol–water partition coefficient (Wildman–Crippen LogP) is 3.14. The van der Waals surface area contributed by atoms with Crippen LogP contribution in [-0.4, -0.2) is 24.5 Å². The molecule has 1 aromatic heterocycles. The number of nitrogens with one attached hydrogen (secondary N) is 1. The number of carboxylic acids is 1. The standard InChI is InChI=1S/C19H24N2O4S/c22-19(23)13-7-2-1-4-9-16-10-8-14-20-18(16)15-21-26(24,25)17-11-5-3-6-12-17/h3,5-6,8,10-12,14,21H,1-2,4,7,9,13,15H2,(H,22,23). The molecule has 0 saturated carbocycles. The lowest BCUT2D eigenvalue weighted by atomic mass is 10.0. The van der Waals surface area contributed by atoms with Gasteiger partial charge < -0.3 is 5.11 Å². The molecule has 0 aliphatic heterocycles. The Morgan fingerprint density at radius 1 is 1.00 bits per heavy atom. The third-order valence-electron chi connectivity index (χ3n) is 4.05. The van der Waals surface area contributed by atoms with Crippen molar-refractivity contribution in [2.24, 2.45) is 0 Å². The summed E-state index contributed by atoms with van der Waals surface area (Å²) in [5.74, 6) is -0.759. The van der Waals surface area contributed by atoms with Crippen molar-refractivity contribution in [1.29, 1.82) is 0 Å². The molecule has 0 aliphatic carbocycles. The Kier molecular flexibility index (Phi) is 7.74. The average molecular weight is 376 g/mol. The van der Waals surface area contributed by atoms with Crippen molar-refractivity contribution < 1.29 is 18.3 Å². The van der Waals surface area contributed by atoms with Crippen molar-refractivity contribution in [3.05, 3.63) is 59.9 Å². The van der Waals surface area contributed by atoms with E-state index >= 15 is 0 Å². The van der Waals surface area contributed by atoms with Crippen molar-refractivity contribution in [2.75, 3.05) is 0 Å². The first-order valence-electron chi connectivity index (χ1n) is 8.68. The van der Waals surface area contributed by atoms with E-state index < -0.39 is 16.0 Å². The Hall–Kier alpha value is -2.25. The number of hydrogen-bond acceptors (Lipinski definition) is 4. The number of hydrogen-bond donors (Lipinski definition) is 2. The van der Waals surface area contributed by atoms with Gasteiger partial charge in [-0.05, 0) is 43.0 Å². The fourth-order valence-corrected chi connectivity index (χ4v) is 3.66. The molecule has 0 atom stereocenters. The van der Waals surface area contributed by atoms with E-state index in [2.05, 4.69) is 9.71 Å². The van der Waals surface area contributed by atoms with Crippen LogP contribution in [-0.2, 0) is 27.8 Å². The number of aromatic nitrogens is 1. The molecule has 1 heterocycles. The number of carboxylic acid groups (broad SMARTS) is 1. The van der Waals surface area contributed by atoms with Crippen LogP contribution in [0.1, 0.15) is 43.4 Å². The summed E-state index contributed by atoms with van der Waals surface area (Å²) in [5.41, 5.74) is 1.74. The highest BCUT2D eigenvalue weighted by atomic mass is 32.2. The second-order valence-corrected chi connectivity index (χ2v) is 7.82. The number of aryl methyl sites for hydroxylation is 1. The molecule has 0 saturated heterocycles. The first kappa shape index (κ1) is 20.1. The van der Waals surface area contributed by atoms with Crippen LogP contribution in [0.5, 0.6) is 0 Å². The van der Waals surface area contributed by atoms with Crippen LogP contribution in [0.4, 0.5) is 0 Å². The second-order valence-electron chi connectivity index (χ2n) is 6.05. The SMILES string of the molecule is O=C(O)CCCCCCc1cccnc1CNS(=O)(=O)c1ccccc1. The van der Waals surface area contributed by atoms with E-state index in [4.69, 9.17) is 5.11 Å². The van der Waals surface area contributed by atoms with Crippen molar-refractivity contribution in [3.63, 3.8) is 0 Å². The molecule has 2 aromatic rings.